The number of morpholine rings is 1. The number of likely N-dealkylation sites (tertiary alicyclic amines) is 1. The number of nitrogens with zero attached hydrogens (tertiary/aromatic N) is 1. The Morgan fingerprint density at radius 1 is 1.52 bits per heavy atom. The fourth-order valence-electron chi connectivity index (χ4n) is 3.28. The molecule has 0 radical (unpaired) electrons. The first-order valence-electron chi connectivity index (χ1n) is 8.61. The van der Waals surface area contributed by atoms with Crippen LogP contribution in [0.25, 0.3) is 0 Å². The second-order valence-corrected chi connectivity index (χ2v) is 7.54. The summed E-state index contributed by atoms with van der Waals surface area (Å²) in [5.41, 5.74) is 0. The molecule has 2 saturated heterocycles. The molecule has 1 aromatic heterocycles. The third-order valence-electron chi connectivity index (χ3n) is 4.82. The Morgan fingerprint density at radius 3 is 3.00 bits per heavy atom. The molecule has 0 spiro atoms. The van der Waals surface area contributed by atoms with Crippen LogP contribution in [0.3, 0.4) is 0 Å². The van der Waals surface area contributed by atoms with Crippen molar-refractivity contribution < 1.29 is 9.53 Å². The number of hydrogen-bond acceptors (Lipinski definition) is 5. The minimum absolute atomic E-state index is 0.00383. The lowest BCUT2D eigenvalue weighted by Crippen LogP contribution is -2.49. The predicted molar refractivity (Wildman–Crippen MR) is 92.7 cm³/mol. The fraction of sp³-hybridized carbons (Fsp3) is 0.706. The summed E-state index contributed by atoms with van der Waals surface area (Å²) in [7, 11) is 0. The van der Waals surface area contributed by atoms with E-state index in [-0.39, 0.29) is 18.1 Å². The van der Waals surface area contributed by atoms with Gasteiger partial charge in [-0.3, -0.25) is 9.69 Å². The van der Waals surface area contributed by atoms with Gasteiger partial charge in [0.15, 0.2) is 0 Å². The number of hydrogen-bond donors (Lipinski definition) is 2. The third kappa shape index (κ3) is 4.53. The van der Waals surface area contributed by atoms with Gasteiger partial charge in [-0.1, -0.05) is 13.0 Å². The molecule has 2 unspecified atom stereocenters. The normalized spacial score (nSPS) is 25.2. The number of thiophene rings is 1. The molecule has 1 amide bonds. The zero-order valence-corrected chi connectivity index (χ0v) is 14.6. The molecule has 0 bridgehead atoms. The first kappa shape index (κ1) is 16.9. The fourth-order valence-corrected chi connectivity index (χ4v) is 4.14. The SMILES string of the molecule is CC1CCN(C(CNC(=O)C2CNCCO2)c2cccs2)CC1. The molecule has 0 saturated carbocycles. The van der Waals surface area contributed by atoms with E-state index < -0.39 is 0 Å². The maximum atomic E-state index is 12.3. The van der Waals surface area contributed by atoms with Crippen LogP contribution in [0.15, 0.2) is 17.5 Å². The minimum atomic E-state index is -0.353. The maximum absolute atomic E-state index is 12.3. The number of ether oxygens (including phenoxy) is 1. The zero-order chi connectivity index (χ0) is 16.1. The van der Waals surface area contributed by atoms with E-state index in [1.807, 2.05) is 0 Å². The molecule has 2 N–H and O–H groups in total. The highest BCUT2D eigenvalue weighted by Crippen LogP contribution is 2.29. The van der Waals surface area contributed by atoms with Gasteiger partial charge in [0.2, 0.25) is 0 Å². The minimum Gasteiger partial charge on any atom is -0.366 e. The van der Waals surface area contributed by atoms with Crippen LogP contribution in [-0.2, 0) is 9.53 Å². The summed E-state index contributed by atoms with van der Waals surface area (Å²) in [6, 6.07) is 4.55. The quantitative estimate of drug-likeness (QED) is 0.857. The van der Waals surface area contributed by atoms with E-state index in [0.29, 0.717) is 19.7 Å². The smallest absolute Gasteiger partial charge is 0.250 e. The summed E-state index contributed by atoms with van der Waals surface area (Å²) in [6.45, 7) is 7.25. The topological polar surface area (TPSA) is 53.6 Å². The van der Waals surface area contributed by atoms with Crippen LogP contribution in [-0.4, -0.2) is 56.2 Å². The molecule has 2 fully saturated rings. The summed E-state index contributed by atoms with van der Waals surface area (Å²) in [6.07, 6.45) is 2.13. The lowest BCUT2D eigenvalue weighted by molar-refractivity contribution is -0.134. The molecule has 2 atom stereocenters. The molecule has 3 heterocycles. The van der Waals surface area contributed by atoms with E-state index in [4.69, 9.17) is 4.74 Å². The molecule has 6 heteroatoms. The van der Waals surface area contributed by atoms with E-state index in [1.54, 1.807) is 11.3 Å². The molecule has 0 aliphatic carbocycles. The van der Waals surface area contributed by atoms with Crippen molar-refractivity contribution in [2.75, 3.05) is 39.3 Å². The highest BCUT2D eigenvalue weighted by atomic mass is 32.1. The molecular formula is C17H27N3O2S. The van der Waals surface area contributed by atoms with E-state index in [2.05, 4.69) is 40.0 Å². The van der Waals surface area contributed by atoms with Crippen LogP contribution in [0, 0.1) is 5.92 Å². The van der Waals surface area contributed by atoms with Gasteiger partial charge < -0.3 is 15.4 Å². The van der Waals surface area contributed by atoms with Crippen molar-refractivity contribution in [2.45, 2.75) is 31.9 Å². The second-order valence-electron chi connectivity index (χ2n) is 6.56. The summed E-state index contributed by atoms with van der Waals surface area (Å²) < 4.78 is 5.54. The number of amides is 1. The van der Waals surface area contributed by atoms with E-state index in [1.165, 1.54) is 17.7 Å². The van der Waals surface area contributed by atoms with Crippen LogP contribution >= 0.6 is 11.3 Å². The molecule has 3 rings (SSSR count). The van der Waals surface area contributed by atoms with Gasteiger partial charge in [0.1, 0.15) is 6.10 Å². The van der Waals surface area contributed by atoms with Crippen LogP contribution in [0.4, 0.5) is 0 Å². The molecule has 2 aliphatic rings. The average molecular weight is 337 g/mol. The maximum Gasteiger partial charge on any atom is 0.250 e. The number of carbonyl (C=O) groups excluding carboxylic acids is 1. The average Bonchev–Trinajstić information content (AvgIpc) is 3.11. The van der Waals surface area contributed by atoms with Gasteiger partial charge in [0.05, 0.1) is 12.6 Å². The van der Waals surface area contributed by atoms with Gasteiger partial charge in [-0.2, -0.15) is 0 Å². The molecular weight excluding hydrogens is 310 g/mol. The van der Waals surface area contributed by atoms with Crippen LogP contribution in [0.1, 0.15) is 30.7 Å². The summed E-state index contributed by atoms with van der Waals surface area (Å²) in [4.78, 5) is 16.2. The van der Waals surface area contributed by atoms with Gasteiger partial charge in [-0.05, 0) is 43.3 Å². The van der Waals surface area contributed by atoms with Gasteiger partial charge in [-0.25, -0.2) is 0 Å². The van der Waals surface area contributed by atoms with Gasteiger partial charge in [0, 0.05) is 24.5 Å². The monoisotopic (exact) mass is 337 g/mol. The largest absolute Gasteiger partial charge is 0.366 e. The second kappa shape index (κ2) is 8.24. The lowest BCUT2D eigenvalue weighted by atomic mass is 9.97. The van der Waals surface area contributed by atoms with E-state index >= 15 is 0 Å². The Balaban J connectivity index is 1.59. The number of piperidine rings is 1. The summed E-state index contributed by atoms with van der Waals surface area (Å²) in [5, 5.41) is 8.43. The van der Waals surface area contributed by atoms with Crippen molar-refractivity contribution in [3.05, 3.63) is 22.4 Å². The van der Waals surface area contributed by atoms with Crippen molar-refractivity contribution in [1.82, 2.24) is 15.5 Å². The third-order valence-corrected chi connectivity index (χ3v) is 5.79. The molecule has 0 aromatic carbocycles. The molecule has 23 heavy (non-hydrogen) atoms. The Kier molecular flexibility index (Phi) is 6.05. The van der Waals surface area contributed by atoms with Gasteiger partial charge in [0.25, 0.3) is 5.91 Å². The summed E-state index contributed by atoms with van der Waals surface area (Å²) in [5.74, 6) is 0.815. The first-order valence-corrected chi connectivity index (χ1v) is 9.49. The highest BCUT2D eigenvalue weighted by Gasteiger charge is 2.27. The number of nitrogens with one attached hydrogen (secondary N) is 2. The Labute approximate surface area is 142 Å². The Hall–Kier alpha value is -0.950. The van der Waals surface area contributed by atoms with E-state index in [9.17, 15) is 4.79 Å². The molecule has 2 aliphatic heterocycles. The Bertz CT molecular complexity index is 480. The molecule has 128 valence electrons. The Morgan fingerprint density at radius 2 is 2.35 bits per heavy atom. The van der Waals surface area contributed by atoms with E-state index in [0.717, 1.165) is 25.6 Å². The van der Waals surface area contributed by atoms with Crippen molar-refractivity contribution in [2.24, 2.45) is 5.92 Å². The van der Waals surface area contributed by atoms with Crippen LogP contribution in [0.5, 0.6) is 0 Å². The van der Waals surface area contributed by atoms with Gasteiger partial charge >= 0.3 is 0 Å². The van der Waals surface area contributed by atoms with Crippen molar-refractivity contribution in [1.29, 1.82) is 0 Å². The van der Waals surface area contributed by atoms with Crippen molar-refractivity contribution in [3.63, 3.8) is 0 Å². The first-order chi connectivity index (χ1) is 11.2. The van der Waals surface area contributed by atoms with Gasteiger partial charge in [-0.15, -0.1) is 11.3 Å². The molecule has 5 nitrogen and oxygen atoms in total. The predicted octanol–water partition coefficient (Wildman–Crippen LogP) is 1.63. The molecule has 1 aromatic rings. The van der Waals surface area contributed by atoms with Crippen LogP contribution < -0.4 is 10.6 Å². The van der Waals surface area contributed by atoms with Crippen molar-refractivity contribution in [3.8, 4) is 0 Å². The standard InChI is InChI=1S/C17H27N3O2S/c1-13-4-7-20(8-5-13)14(16-3-2-10-23-16)11-19-17(21)15-12-18-6-9-22-15/h2-3,10,13-15,18H,4-9,11-12H2,1H3,(H,19,21). The van der Waals surface area contributed by atoms with Crippen LogP contribution in [0.2, 0.25) is 0 Å². The highest BCUT2D eigenvalue weighted by molar-refractivity contribution is 7.10. The lowest BCUT2D eigenvalue weighted by Gasteiger charge is -2.36. The number of rotatable bonds is 5. The number of carbonyl (C=O) groups is 1. The zero-order valence-electron chi connectivity index (χ0n) is 13.8. The van der Waals surface area contributed by atoms with Crippen molar-refractivity contribution >= 4 is 17.2 Å². The summed E-state index contributed by atoms with van der Waals surface area (Å²) >= 11 is 1.78.